The number of nitrogens with zero attached hydrogens (tertiary/aromatic N) is 2. The summed E-state index contributed by atoms with van der Waals surface area (Å²) in [5, 5.41) is 3.06. The first-order chi connectivity index (χ1) is 9.84. The normalized spacial score (nSPS) is 15.6. The Labute approximate surface area is 120 Å². The molecule has 0 atom stereocenters. The second-order valence-corrected chi connectivity index (χ2v) is 4.94. The Morgan fingerprint density at radius 2 is 2.14 bits per heavy atom. The molecule has 0 radical (unpaired) electrons. The number of halogens is 3. The monoisotopic (exact) mass is 302 g/mol. The van der Waals surface area contributed by atoms with E-state index in [1.54, 1.807) is 4.90 Å². The predicted octanol–water partition coefficient (Wildman–Crippen LogP) is 1.39. The molecule has 0 spiro atoms. The lowest BCUT2D eigenvalue weighted by Gasteiger charge is -2.39. The third-order valence-corrected chi connectivity index (χ3v) is 3.37. The van der Waals surface area contributed by atoms with Crippen LogP contribution >= 0.6 is 0 Å². The summed E-state index contributed by atoms with van der Waals surface area (Å²) in [6.07, 6.45) is -3.83. The van der Waals surface area contributed by atoms with Crippen LogP contribution in [0.2, 0.25) is 0 Å². The van der Waals surface area contributed by atoms with Crippen LogP contribution in [0.15, 0.2) is 12.1 Å². The third kappa shape index (κ3) is 3.26. The number of carbonyl (C=O) groups is 1. The summed E-state index contributed by atoms with van der Waals surface area (Å²) >= 11 is 0. The second-order valence-electron chi connectivity index (χ2n) is 4.94. The summed E-state index contributed by atoms with van der Waals surface area (Å²) in [7, 11) is 0. The van der Waals surface area contributed by atoms with Gasteiger partial charge in [-0.25, -0.2) is 4.98 Å². The van der Waals surface area contributed by atoms with E-state index in [-0.39, 0.29) is 17.4 Å². The van der Waals surface area contributed by atoms with Crippen molar-refractivity contribution in [3.05, 3.63) is 23.4 Å². The number of nitrogens with one attached hydrogen (secondary N) is 1. The van der Waals surface area contributed by atoms with Crippen LogP contribution in [-0.4, -0.2) is 36.6 Å². The topological polar surface area (TPSA) is 71.2 Å². The highest BCUT2D eigenvalue weighted by atomic mass is 19.4. The Bertz CT molecular complexity index is 529. The number of pyridine rings is 1. The van der Waals surface area contributed by atoms with Crippen LogP contribution in [0.1, 0.15) is 29.4 Å². The third-order valence-electron chi connectivity index (χ3n) is 3.37. The number of hydrogen-bond acceptors (Lipinski definition) is 4. The van der Waals surface area contributed by atoms with Gasteiger partial charge >= 0.3 is 6.18 Å². The largest absolute Gasteiger partial charge is 0.433 e. The van der Waals surface area contributed by atoms with Crippen molar-refractivity contribution >= 4 is 11.7 Å². The zero-order valence-corrected chi connectivity index (χ0v) is 11.6. The molecular formula is C13H17F3N4O. The molecule has 0 aromatic carbocycles. The van der Waals surface area contributed by atoms with E-state index in [9.17, 15) is 18.0 Å². The Morgan fingerprint density at radius 1 is 1.48 bits per heavy atom. The molecule has 8 heteroatoms. The van der Waals surface area contributed by atoms with Gasteiger partial charge in [0.05, 0.1) is 11.6 Å². The van der Waals surface area contributed by atoms with Crippen molar-refractivity contribution in [2.45, 2.75) is 25.6 Å². The molecule has 1 aromatic heterocycles. The van der Waals surface area contributed by atoms with Crippen molar-refractivity contribution in [1.29, 1.82) is 0 Å². The van der Waals surface area contributed by atoms with E-state index in [2.05, 4.69) is 10.3 Å². The maximum Gasteiger partial charge on any atom is 0.433 e. The minimum absolute atomic E-state index is 0.0170. The van der Waals surface area contributed by atoms with E-state index in [4.69, 9.17) is 5.73 Å². The van der Waals surface area contributed by atoms with E-state index in [1.807, 2.05) is 6.92 Å². The zero-order chi connectivity index (χ0) is 15.6. The molecule has 21 heavy (non-hydrogen) atoms. The SMILES string of the molecule is CCCN(c1nc(C(F)(F)F)ccc1C(N)=O)C1CNC1. The van der Waals surface area contributed by atoms with E-state index in [0.29, 0.717) is 19.6 Å². The van der Waals surface area contributed by atoms with Crippen molar-refractivity contribution in [2.75, 3.05) is 24.5 Å². The van der Waals surface area contributed by atoms with Gasteiger partial charge < -0.3 is 16.0 Å². The van der Waals surface area contributed by atoms with Crippen LogP contribution in [0.3, 0.4) is 0 Å². The van der Waals surface area contributed by atoms with E-state index in [0.717, 1.165) is 18.6 Å². The summed E-state index contributed by atoms with van der Waals surface area (Å²) < 4.78 is 38.5. The molecule has 1 aromatic rings. The standard InChI is InChI=1S/C13H17F3N4O/c1-2-5-20(8-6-18-7-8)12-9(11(17)21)3-4-10(19-12)13(14,15)16/h3-4,8,18H,2,5-7H2,1H3,(H2,17,21). The second kappa shape index (κ2) is 5.88. The van der Waals surface area contributed by atoms with Crippen molar-refractivity contribution in [1.82, 2.24) is 10.3 Å². The summed E-state index contributed by atoms with van der Waals surface area (Å²) in [5.74, 6) is -0.759. The highest BCUT2D eigenvalue weighted by Gasteiger charge is 2.35. The van der Waals surface area contributed by atoms with Crippen molar-refractivity contribution in [3.63, 3.8) is 0 Å². The number of rotatable bonds is 5. The fraction of sp³-hybridized carbons (Fsp3) is 0.538. The molecule has 0 saturated carbocycles. The fourth-order valence-corrected chi connectivity index (χ4v) is 2.21. The lowest BCUT2D eigenvalue weighted by atomic mass is 10.1. The van der Waals surface area contributed by atoms with Gasteiger partial charge in [0.15, 0.2) is 0 Å². The van der Waals surface area contributed by atoms with E-state index < -0.39 is 17.8 Å². The summed E-state index contributed by atoms with van der Waals surface area (Å²) in [4.78, 5) is 16.9. The van der Waals surface area contributed by atoms with Gasteiger partial charge in [-0.3, -0.25) is 4.79 Å². The predicted molar refractivity (Wildman–Crippen MR) is 72.1 cm³/mol. The van der Waals surface area contributed by atoms with Gasteiger partial charge in [0.1, 0.15) is 11.5 Å². The van der Waals surface area contributed by atoms with E-state index in [1.165, 1.54) is 0 Å². The van der Waals surface area contributed by atoms with Gasteiger partial charge in [0.25, 0.3) is 5.91 Å². The molecule has 1 saturated heterocycles. The van der Waals surface area contributed by atoms with Gasteiger partial charge in [0, 0.05) is 19.6 Å². The molecule has 1 fully saturated rings. The van der Waals surface area contributed by atoms with Crippen LogP contribution in [0.5, 0.6) is 0 Å². The smallest absolute Gasteiger partial charge is 0.365 e. The Balaban J connectivity index is 2.47. The average Bonchev–Trinajstić information content (AvgIpc) is 2.34. The van der Waals surface area contributed by atoms with Crippen LogP contribution in [0.4, 0.5) is 19.0 Å². The zero-order valence-electron chi connectivity index (χ0n) is 11.6. The molecule has 2 heterocycles. The van der Waals surface area contributed by atoms with Crippen LogP contribution in [0, 0.1) is 0 Å². The fourth-order valence-electron chi connectivity index (χ4n) is 2.21. The average molecular weight is 302 g/mol. The highest BCUT2D eigenvalue weighted by molar-refractivity contribution is 5.97. The molecule has 1 aliphatic heterocycles. The summed E-state index contributed by atoms with van der Waals surface area (Å²) in [5.41, 5.74) is 4.26. The van der Waals surface area contributed by atoms with E-state index >= 15 is 0 Å². The van der Waals surface area contributed by atoms with Crippen LogP contribution < -0.4 is 16.0 Å². The first-order valence-corrected chi connectivity index (χ1v) is 6.70. The highest BCUT2D eigenvalue weighted by Crippen LogP contribution is 2.31. The number of aromatic nitrogens is 1. The molecule has 5 nitrogen and oxygen atoms in total. The molecule has 0 bridgehead atoms. The quantitative estimate of drug-likeness (QED) is 0.862. The molecular weight excluding hydrogens is 285 g/mol. The van der Waals surface area contributed by atoms with Gasteiger partial charge in [-0.1, -0.05) is 6.92 Å². The number of carbonyl (C=O) groups excluding carboxylic acids is 1. The first-order valence-electron chi connectivity index (χ1n) is 6.70. The van der Waals surface area contributed by atoms with Gasteiger partial charge in [0.2, 0.25) is 0 Å². The van der Waals surface area contributed by atoms with Gasteiger partial charge in [-0.05, 0) is 18.6 Å². The number of primary amides is 1. The lowest BCUT2D eigenvalue weighted by Crippen LogP contribution is -2.58. The molecule has 116 valence electrons. The number of alkyl halides is 3. The maximum atomic E-state index is 12.8. The van der Waals surface area contributed by atoms with Crippen LogP contribution in [0.25, 0.3) is 0 Å². The Morgan fingerprint density at radius 3 is 2.57 bits per heavy atom. The minimum Gasteiger partial charge on any atom is -0.365 e. The summed E-state index contributed by atoms with van der Waals surface area (Å²) in [6.45, 7) is 3.73. The number of amides is 1. The van der Waals surface area contributed by atoms with Crippen LogP contribution in [-0.2, 0) is 6.18 Å². The maximum absolute atomic E-state index is 12.8. The molecule has 1 aliphatic rings. The number of hydrogen-bond donors (Lipinski definition) is 2. The number of nitrogens with two attached hydrogens (primary N) is 1. The lowest BCUT2D eigenvalue weighted by molar-refractivity contribution is -0.141. The first kappa shape index (κ1) is 15.6. The molecule has 0 unspecified atom stereocenters. The Hall–Kier alpha value is -1.83. The molecule has 3 N–H and O–H groups in total. The molecule has 2 rings (SSSR count). The molecule has 1 amide bonds. The summed E-state index contributed by atoms with van der Waals surface area (Å²) in [6, 6.07) is 1.91. The Kier molecular flexibility index (Phi) is 4.36. The van der Waals surface area contributed by atoms with Crippen molar-refractivity contribution < 1.29 is 18.0 Å². The van der Waals surface area contributed by atoms with Crippen molar-refractivity contribution in [2.24, 2.45) is 5.73 Å². The van der Waals surface area contributed by atoms with Crippen molar-refractivity contribution in [3.8, 4) is 0 Å². The minimum atomic E-state index is -4.55. The molecule has 0 aliphatic carbocycles. The van der Waals surface area contributed by atoms with Gasteiger partial charge in [-0.2, -0.15) is 13.2 Å². The van der Waals surface area contributed by atoms with Gasteiger partial charge in [-0.15, -0.1) is 0 Å². The number of anilines is 1.